The van der Waals surface area contributed by atoms with Gasteiger partial charge in [-0.05, 0) is 42.4 Å². The molecule has 4 nitrogen and oxygen atoms in total. The third-order valence-electron chi connectivity index (χ3n) is 6.44. The fraction of sp³-hybridized carbons (Fsp3) is 0.611. The number of halogens is 6. The lowest BCUT2D eigenvalue weighted by Crippen LogP contribution is -2.43. The van der Waals surface area contributed by atoms with Crippen LogP contribution in [0.25, 0.3) is 0 Å². The molecule has 0 radical (unpaired) electrons. The molecule has 0 aliphatic heterocycles. The first-order chi connectivity index (χ1) is 13.0. The number of sulfonamides is 1. The van der Waals surface area contributed by atoms with Gasteiger partial charge in [-0.2, -0.15) is 26.3 Å². The van der Waals surface area contributed by atoms with Crippen LogP contribution in [0.1, 0.15) is 44.2 Å². The summed E-state index contributed by atoms with van der Waals surface area (Å²) in [6, 6.07) is 0.536. The number of benzene rings is 1. The van der Waals surface area contributed by atoms with Gasteiger partial charge in [0.2, 0.25) is 10.0 Å². The molecular weight excluding hydrogens is 424 g/mol. The molecule has 2 atom stereocenters. The van der Waals surface area contributed by atoms with Crippen LogP contribution in [0.15, 0.2) is 18.2 Å². The summed E-state index contributed by atoms with van der Waals surface area (Å²) >= 11 is 0. The van der Waals surface area contributed by atoms with Crippen LogP contribution < -0.4 is 4.72 Å². The number of nitrogens with one attached hydrogen (secondary N) is 1. The summed E-state index contributed by atoms with van der Waals surface area (Å²) in [5.74, 6) is -0.903. The van der Waals surface area contributed by atoms with Crippen molar-refractivity contribution < 1.29 is 39.6 Å². The van der Waals surface area contributed by atoms with Gasteiger partial charge >= 0.3 is 12.4 Å². The van der Waals surface area contributed by atoms with Crippen LogP contribution in [0, 0.1) is 16.7 Å². The minimum Gasteiger partial charge on any atom is -0.299 e. The van der Waals surface area contributed by atoms with Crippen molar-refractivity contribution >= 4 is 21.5 Å². The molecule has 0 aromatic heterocycles. The van der Waals surface area contributed by atoms with Crippen molar-refractivity contribution in [3.63, 3.8) is 0 Å². The lowest BCUT2D eigenvalue weighted by molar-refractivity contribution is -0.143. The minimum atomic E-state index is -5.10. The zero-order chi connectivity index (χ0) is 22.0. The highest BCUT2D eigenvalue weighted by Crippen LogP contribution is 2.64. The second-order valence-electron chi connectivity index (χ2n) is 8.32. The van der Waals surface area contributed by atoms with E-state index in [1.807, 2.05) is 4.72 Å². The number of carbonyl (C=O) groups is 1. The molecule has 2 saturated carbocycles. The van der Waals surface area contributed by atoms with Crippen molar-refractivity contribution in [3.05, 3.63) is 29.3 Å². The van der Waals surface area contributed by atoms with Crippen LogP contribution in [0.2, 0.25) is 0 Å². The topological polar surface area (TPSA) is 63.2 Å². The quantitative estimate of drug-likeness (QED) is 0.676. The first-order valence-electron chi connectivity index (χ1n) is 8.81. The molecule has 29 heavy (non-hydrogen) atoms. The maximum atomic E-state index is 13.0. The monoisotopic (exact) mass is 443 g/mol. The van der Waals surface area contributed by atoms with Gasteiger partial charge in [-0.15, -0.1) is 0 Å². The average Bonchev–Trinajstić information content (AvgIpc) is 2.86. The van der Waals surface area contributed by atoms with Crippen LogP contribution in [-0.2, 0) is 27.2 Å². The van der Waals surface area contributed by atoms with Gasteiger partial charge in [0.1, 0.15) is 5.78 Å². The number of hydrogen-bond donors (Lipinski definition) is 1. The summed E-state index contributed by atoms with van der Waals surface area (Å²) in [5.41, 5.74) is -5.91. The molecule has 0 amide bonds. The molecule has 1 aromatic carbocycles. The molecule has 0 heterocycles. The molecule has 162 valence electrons. The molecule has 11 heteroatoms. The molecule has 3 rings (SSSR count). The fourth-order valence-electron chi connectivity index (χ4n) is 4.66. The first-order valence-corrected chi connectivity index (χ1v) is 10.5. The number of hydrogen-bond acceptors (Lipinski definition) is 3. The van der Waals surface area contributed by atoms with Crippen molar-refractivity contribution in [2.45, 2.75) is 45.5 Å². The van der Waals surface area contributed by atoms with Gasteiger partial charge in [0.05, 0.1) is 22.3 Å². The van der Waals surface area contributed by atoms with E-state index in [9.17, 15) is 39.6 Å². The lowest BCUT2D eigenvalue weighted by Gasteiger charge is -2.36. The van der Waals surface area contributed by atoms with Gasteiger partial charge in [-0.1, -0.05) is 13.8 Å². The Morgan fingerprint density at radius 2 is 1.55 bits per heavy atom. The standard InChI is InChI=1S/C18H19F6NO3S/c1-15(2)10-3-4-16(15,14(26)8-10)9-29(27,28)25-13-6-11(17(19,20)21)5-12(7-13)18(22,23)24/h5-7,10,25H,3-4,8-9H2,1-2H3/t10-,16+/m0/s1. The molecule has 0 spiro atoms. The maximum Gasteiger partial charge on any atom is 0.416 e. The van der Waals surface area contributed by atoms with Crippen LogP contribution in [0.3, 0.4) is 0 Å². The molecule has 1 aromatic rings. The predicted octanol–water partition coefficient (Wildman–Crippen LogP) is 4.86. The number of fused-ring (bicyclic) bond motifs is 2. The van der Waals surface area contributed by atoms with Gasteiger partial charge < -0.3 is 0 Å². The molecule has 0 saturated heterocycles. The van der Waals surface area contributed by atoms with E-state index < -0.39 is 55.8 Å². The van der Waals surface area contributed by atoms with Gasteiger partial charge in [-0.3, -0.25) is 9.52 Å². The number of ketones is 1. The van der Waals surface area contributed by atoms with Gasteiger partial charge in [0.25, 0.3) is 0 Å². The van der Waals surface area contributed by atoms with Crippen molar-refractivity contribution in [1.29, 1.82) is 0 Å². The second kappa shape index (κ2) is 6.36. The van der Waals surface area contributed by atoms with E-state index in [1.165, 1.54) is 0 Å². The Bertz CT molecular complexity index is 919. The normalized spacial score (nSPS) is 26.8. The summed E-state index contributed by atoms with van der Waals surface area (Å²) < 4.78 is 105. The Kier molecular flexibility index (Phi) is 4.80. The van der Waals surface area contributed by atoms with Crippen LogP contribution >= 0.6 is 0 Å². The van der Waals surface area contributed by atoms with Crippen molar-refractivity contribution in [2.75, 3.05) is 10.5 Å². The summed E-state index contributed by atoms with van der Waals surface area (Å²) in [4.78, 5) is 12.5. The molecule has 2 aliphatic rings. The zero-order valence-electron chi connectivity index (χ0n) is 15.5. The minimum absolute atomic E-state index is 0.00980. The summed E-state index contributed by atoms with van der Waals surface area (Å²) in [7, 11) is -4.40. The lowest BCUT2D eigenvalue weighted by atomic mass is 9.70. The van der Waals surface area contributed by atoms with E-state index in [0.717, 1.165) is 0 Å². The van der Waals surface area contributed by atoms with Gasteiger partial charge in [-0.25, -0.2) is 8.42 Å². The van der Waals surface area contributed by atoms with Crippen molar-refractivity contribution in [2.24, 2.45) is 16.7 Å². The number of anilines is 1. The molecular formula is C18H19F6NO3S. The van der Waals surface area contributed by atoms with E-state index in [2.05, 4.69) is 0 Å². The Hall–Kier alpha value is -1.78. The van der Waals surface area contributed by atoms with Crippen LogP contribution in [0.4, 0.5) is 32.0 Å². The van der Waals surface area contributed by atoms with Crippen molar-refractivity contribution in [3.8, 4) is 0 Å². The largest absolute Gasteiger partial charge is 0.416 e. The highest BCUT2D eigenvalue weighted by molar-refractivity contribution is 7.92. The Morgan fingerprint density at radius 3 is 1.93 bits per heavy atom. The molecule has 0 unspecified atom stereocenters. The number of Topliss-reactive ketones (excluding diaryl/α,β-unsaturated/α-hetero) is 1. The van der Waals surface area contributed by atoms with Crippen LogP contribution in [0.5, 0.6) is 0 Å². The summed E-state index contributed by atoms with van der Waals surface area (Å²) in [6.45, 7) is 3.55. The summed E-state index contributed by atoms with van der Waals surface area (Å²) in [5, 5.41) is 0. The molecule has 1 N–H and O–H groups in total. The molecule has 2 fully saturated rings. The SMILES string of the molecule is CC1(C)[C@H]2CC[C@@]1(CS(=O)(=O)Nc1cc(C(F)(F)F)cc(C(F)(F)F)c1)C(=O)C2. The second-order valence-corrected chi connectivity index (χ2v) is 10.0. The Morgan fingerprint density at radius 1 is 1.03 bits per heavy atom. The number of alkyl halides is 6. The predicted molar refractivity (Wildman–Crippen MR) is 92.4 cm³/mol. The Labute approximate surface area is 163 Å². The number of carbonyl (C=O) groups excluding carboxylic acids is 1. The highest BCUT2D eigenvalue weighted by Gasteiger charge is 2.65. The van der Waals surface area contributed by atoms with E-state index in [1.54, 1.807) is 13.8 Å². The summed E-state index contributed by atoms with van der Waals surface area (Å²) in [6.07, 6.45) is -8.99. The van der Waals surface area contributed by atoms with Gasteiger partial charge in [0.15, 0.2) is 0 Å². The maximum absolute atomic E-state index is 13.0. The van der Waals surface area contributed by atoms with E-state index in [-0.39, 0.29) is 24.2 Å². The van der Waals surface area contributed by atoms with Crippen molar-refractivity contribution in [1.82, 2.24) is 0 Å². The molecule has 2 bridgehead atoms. The van der Waals surface area contributed by atoms with Gasteiger partial charge in [0, 0.05) is 12.1 Å². The first kappa shape index (κ1) is 21.9. The van der Waals surface area contributed by atoms with E-state index in [0.29, 0.717) is 25.0 Å². The average molecular weight is 443 g/mol. The zero-order valence-corrected chi connectivity index (χ0v) is 16.4. The van der Waals surface area contributed by atoms with E-state index in [4.69, 9.17) is 0 Å². The third kappa shape index (κ3) is 3.73. The van der Waals surface area contributed by atoms with Crippen LogP contribution in [-0.4, -0.2) is 20.0 Å². The molecule has 2 aliphatic carbocycles. The highest BCUT2D eigenvalue weighted by atomic mass is 32.2. The Balaban J connectivity index is 1.96. The van der Waals surface area contributed by atoms with E-state index >= 15 is 0 Å². The fourth-order valence-corrected chi connectivity index (χ4v) is 6.54. The third-order valence-corrected chi connectivity index (χ3v) is 7.86. The number of rotatable bonds is 4. The smallest absolute Gasteiger partial charge is 0.299 e.